The number of nitrogens with zero attached hydrogens (tertiary/aromatic N) is 2. The third kappa shape index (κ3) is 3.20. The third-order valence-corrected chi connectivity index (χ3v) is 3.38. The highest BCUT2D eigenvalue weighted by molar-refractivity contribution is 5.90. The zero-order valence-electron chi connectivity index (χ0n) is 11.9. The lowest BCUT2D eigenvalue weighted by Gasteiger charge is -2.31. The molecule has 0 aliphatic heterocycles. The zero-order valence-corrected chi connectivity index (χ0v) is 11.9. The van der Waals surface area contributed by atoms with Gasteiger partial charge in [-0.2, -0.15) is 5.10 Å². The molecule has 0 aliphatic carbocycles. The standard InChI is InChI=1S/C15H22N4/c1-15(2,3)13(8-9-16)18-14-12-7-5-4-6-11(12)10-17-19-14/h4-7,10,13H,8-9,16H2,1-3H3,(H,18,19). The number of nitrogens with one attached hydrogen (secondary N) is 1. The average Bonchev–Trinajstić information content (AvgIpc) is 2.37. The van der Waals surface area contributed by atoms with Gasteiger partial charge in [0.25, 0.3) is 0 Å². The van der Waals surface area contributed by atoms with Crippen LogP contribution in [-0.2, 0) is 0 Å². The largest absolute Gasteiger partial charge is 0.365 e. The van der Waals surface area contributed by atoms with E-state index in [1.807, 2.05) is 18.2 Å². The summed E-state index contributed by atoms with van der Waals surface area (Å²) < 4.78 is 0. The molecule has 0 bridgehead atoms. The zero-order chi connectivity index (χ0) is 13.9. The summed E-state index contributed by atoms with van der Waals surface area (Å²) >= 11 is 0. The van der Waals surface area contributed by atoms with Crippen molar-refractivity contribution in [2.24, 2.45) is 11.1 Å². The Morgan fingerprint density at radius 2 is 2.00 bits per heavy atom. The fraction of sp³-hybridized carbons (Fsp3) is 0.467. The Hall–Kier alpha value is -1.68. The molecular weight excluding hydrogens is 236 g/mol. The van der Waals surface area contributed by atoms with Gasteiger partial charge in [-0.3, -0.25) is 0 Å². The van der Waals surface area contributed by atoms with Crippen LogP contribution in [0.15, 0.2) is 30.5 Å². The van der Waals surface area contributed by atoms with Gasteiger partial charge >= 0.3 is 0 Å². The van der Waals surface area contributed by atoms with Crippen LogP contribution in [0.1, 0.15) is 27.2 Å². The molecule has 0 saturated carbocycles. The van der Waals surface area contributed by atoms with Crippen molar-refractivity contribution in [2.45, 2.75) is 33.2 Å². The monoisotopic (exact) mass is 258 g/mol. The van der Waals surface area contributed by atoms with Crippen molar-refractivity contribution >= 4 is 16.6 Å². The van der Waals surface area contributed by atoms with E-state index in [0.29, 0.717) is 6.54 Å². The first-order chi connectivity index (χ1) is 9.02. The third-order valence-electron chi connectivity index (χ3n) is 3.38. The van der Waals surface area contributed by atoms with Gasteiger partial charge in [0, 0.05) is 16.8 Å². The number of nitrogens with two attached hydrogens (primary N) is 1. The Labute approximate surface area is 114 Å². The number of benzene rings is 1. The molecule has 1 aromatic carbocycles. The number of hydrogen-bond donors (Lipinski definition) is 2. The lowest BCUT2D eigenvalue weighted by molar-refractivity contribution is 0.328. The lowest BCUT2D eigenvalue weighted by atomic mass is 9.84. The summed E-state index contributed by atoms with van der Waals surface area (Å²) in [6, 6.07) is 8.41. The molecule has 1 unspecified atom stereocenters. The van der Waals surface area contributed by atoms with E-state index in [2.05, 4.69) is 42.4 Å². The first-order valence-electron chi connectivity index (χ1n) is 6.69. The van der Waals surface area contributed by atoms with Gasteiger partial charge in [0.2, 0.25) is 0 Å². The molecule has 0 fully saturated rings. The summed E-state index contributed by atoms with van der Waals surface area (Å²) in [5, 5.41) is 14.0. The van der Waals surface area contributed by atoms with Crippen LogP contribution in [0.5, 0.6) is 0 Å². The van der Waals surface area contributed by atoms with E-state index in [1.165, 1.54) is 0 Å². The molecule has 4 nitrogen and oxygen atoms in total. The first-order valence-corrected chi connectivity index (χ1v) is 6.69. The van der Waals surface area contributed by atoms with Crippen LogP contribution in [0.2, 0.25) is 0 Å². The second kappa shape index (κ2) is 5.53. The minimum absolute atomic E-state index is 0.123. The number of aromatic nitrogens is 2. The van der Waals surface area contributed by atoms with Crippen LogP contribution in [0.25, 0.3) is 10.8 Å². The fourth-order valence-electron chi connectivity index (χ4n) is 2.19. The molecule has 19 heavy (non-hydrogen) atoms. The van der Waals surface area contributed by atoms with Crippen molar-refractivity contribution in [3.8, 4) is 0 Å². The number of anilines is 1. The van der Waals surface area contributed by atoms with Crippen LogP contribution in [0.4, 0.5) is 5.82 Å². The van der Waals surface area contributed by atoms with Crippen molar-refractivity contribution in [2.75, 3.05) is 11.9 Å². The molecule has 102 valence electrons. The summed E-state index contributed by atoms with van der Waals surface area (Å²) in [5.74, 6) is 0.839. The van der Waals surface area contributed by atoms with Gasteiger partial charge in [0.15, 0.2) is 5.82 Å². The van der Waals surface area contributed by atoms with Gasteiger partial charge < -0.3 is 11.1 Å². The quantitative estimate of drug-likeness (QED) is 0.885. The highest BCUT2D eigenvalue weighted by Crippen LogP contribution is 2.27. The maximum Gasteiger partial charge on any atom is 0.156 e. The second-order valence-electron chi connectivity index (χ2n) is 5.92. The van der Waals surface area contributed by atoms with E-state index >= 15 is 0 Å². The maximum atomic E-state index is 5.72. The van der Waals surface area contributed by atoms with Crippen molar-refractivity contribution in [1.29, 1.82) is 0 Å². The van der Waals surface area contributed by atoms with E-state index in [4.69, 9.17) is 5.73 Å². The van der Waals surface area contributed by atoms with Crippen molar-refractivity contribution < 1.29 is 0 Å². The minimum atomic E-state index is 0.123. The second-order valence-corrected chi connectivity index (χ2v) is 5.92. The fourth-order valence-corrected chi connectivity index (χ4v) is 2.19. The molecule has 1 heterocycles. The normalized spacial score (nSPS) is 13.5. The molecule has 1 atom stereocenters. The predicted octanol–water partition coefficient (Wildman–Crippen LogP) is 2.81. The molecule has 0 amide bonds. The summed E-state index contributed by atoms with van der Waals surface area (Å²) in [4.78, 5) is 0. The van der Waals surface area contributed by atoms with E-state index in [1.54, 1.807) is 6.20 Å². The highest BCUT2D eigenvalue weighted by Gasteiger charge is 2.24. The van der Waals surface area contributed by atoms with Gasteiger partial charge in [-0.25, -0.2) is 0 Å². The van der Waals surface area contributed by atoms with E-state index in [9.17, 15) is 0 Å². The molecule has 2 rings (SSSR count). The van der Waals surface area contributed by atoms with Crippen molar-refractivity contribution in [3.05, 3.63) is 30.5 Å². The SMILES string of the molecule is CC(C)(C)C(CCN)Nc1nncc2ccccc12. The Kier molecular flexibility index (Phi) is 4.00. The Morgan fingerprint density at radius 1 is 1.26 bits per heavy atom. The Morgan fingerprint density at radius 3 is 2.68 bits per heavy atom. The van der Waals surface area contributed by atoms with Crippen LogP contribution in [0.3, 0.4) is 0 Å². The van der Waals surface area contributed by atoms with Gasteiger partial charge in [0.05, 0.1) is 6.20 Å². The molecular formula is C15H22N4. The van der Waals surface area contributed by atoms with Crippen molar-refractivity contribution in [3.63, 3.8) is 0 Å². The molecule has 0 spiro atoms. The number of fused-ring (bicyclic) bond motifs is 1. The van der Waals surface area contributed by atoms with E-state index in [-0.39, 0.29) is 11.5 Å². The predicted molar refractivity (Wildman–Crippen MR) is 80.1 cm³/mol. The van der Waals surface area contributed by atoms with Gasteiger partial charge in [-0.05, 0) is 18.4 Å². The van der Waals surface area contributed by atoms with Crippen LogP contribution in [0, 0.1) is 5.41 Å². The minimum Gasteiger partial charge on any atom is -0.365 e. The first kappa shape index (κ1) is 13.7. The van der Waals surface area contributed by atoms with Gasteiger partial charge in [0.1, 0.15) is 0 Å². The topological polar surface area (TPSA) is 63.8 Å². The summed E-state index contributed by atoms with van der Waals surface area (Å²) in [7, 11) is 0. The maximum absolute atomic E-state index is 5.72. The van der Waals surface area contributed by atoms with Gasteiger partial charge in [-0.1, -0.05) is 45.0 Å². The van der Waals surface area contributed by atoms with Crippen molar-refractivity contribution in [1.82, 2.24) is 10.2 Å². The summed E-state index contributed by atoms with van der Waals surface area (Å²) in [6.07, 6.45) is 2.70. The Bertz CT molecular complexity index is 540. The van der Waals surface area contributed by atoms with E-state index in [0.717, 1.165) is 23.0 Å². The van der Waals surface area contributed by atoms with Gasteiger partial charge in [-0.15, -0.1) is 5.10 Å². The summed E-state index contributed by atoms with van der Waals surface area (Å²) in [5.41, 5.74) is 5.84. The number of hydrogen-bond acceptors (Lipinski definition) is 4. The molecule has 3 N–H and O–H groups in total. The van der Waals surface area contributed by atoms with E-state index < -0.39 is 0 Å². The molecule has 0 saturated heterocycles. The molecule has 2 aromatic rings. The van der Waals surface area contributed by atoms with Crippen LogP contribution >= 0.6 is 0 Å². The van der Waals surface area contributed by atoms with Crippen LogP contribution in [-0.4, -0.2) is 22.8 Å². The lowest BCUT2D eigenvalue weighted by Crippen LogP contribution is -2.36. The van der Waals surface area contributed by atoms with Crippen LogP contribution < -0.4 is 11.1 Å². The molecule has 4 heteroatoms. The smallest absolute Gasteiger partial charge is 0.156 e. The molecule has 1 aromatic heterocycles. The average molecular weight is 258 g/mol. The molecule has 0 radical (unpaired) electrons. The summed E-state index contributed by atoms with van der Waals surface area (Å²) in [6.45, 7) is 7.28. The Balaban J connectivity index is 2.34. The molecule has 0 aliphatic rings. The number of rotatable bonds is 4. The highest BCUT2D eigenvalue weighted by atomic mass is 15.2.